The first-order valence-electron chi connectivity index (χ1n) is 6.09. The van der Waals surface area contributed by atoms with Crippen LogP contribution in [0.15, 0.2) is 45.8 Å². The van der Waals surface area contributed by atoms with E-state index in [2.05, 4.69) is 20.7 Å². The lowest BCUT2D eigenvalue weighted by Crippen LogP contribution is -2.24. The number of hydrogen-bond acceptors (Lipinski definition) is 3. The maximum atomic E-state index is 13.1. The molecule has 0 atom stereocenters. The molecular formula is C14H14BrFN2O2S. The summed E-state index contributed by atoms with van der Waals surface area (Å²) in [6.45, 7) is 1.69. The summed E-state index contributed by atoms with van der Waals surface area (Å²) in [7, 11) is -3.71. The van der Waals surface area contributed by atoms with Gasteiger partial charge in [-0.25, -0.2) is 17.5 Å². The van der Waals surface area contributed by atoms with E-state index in [1.807, 2.05) is 0 Å². The number of sulfonamides is 1. The second-order valence-corrected chi connectivity index (χ2v) is 7.18. The zero-order valence-electron chi connectivity index (χ0n) is 11.2. The van der Waals surface area contributed by atoms with Crippen molar-refractivity contribution in [3.63, 3.8) is 0 Å². The van der Waals surface area contributed by atoms with Gasteiger partial charge in [0.05, 0.1) is 4.90 Å². The molecule has 0 heterocycles. The van der Waals surface area contributed by atoms with Crippen LogP contribution in [0.2, 0.25) is 0 Å². The molecule has 0 unspecified atom stereocenters. The molecule has 4 nitrogen and oxygen atoms in total. The van der Waals surface area contributed by atoms with Gasteiger partial charge >= 0.3 is 0 Å². The number of anilines is 1. The fraction of sp³-hybridized carbons (Fsp3) is 0.143. The molecule has 0 spiro atoms. The molecule has 0 aliphatic heterocycles. The van der Waals surface area contributed by atoms with Gasteiger partial charge in [-0.05, 0) is 58.2 Å². The largest absolute Gasteiger partial charge is 0.398 e. The number of nitrogens with one attached hydrogen (secondary N) is 1. The third-order valence-corrected chi connectivity index (χ3v) is 5.17. The molecule has 7 heteroatoms. The Hall–Kier alpha value is -1.44. The number of nitrogen functional groups attached to an aromatic ring is 1. The predicted molar refractivity (Wildman–Crippen MR) is 83.7 cm³/mol. The van der Waals surface area contributed by atoms with Crippen molar-refractivity contribution in [2.24, 2.45) is 0 Å². The monoisotopic (exact) mass is 372 g/mol. The van der Waals surface area contributed by atoms with Crippen molar-refractivity contribution >= 4 is 31.6 Å². The Kier molecular flexibility index (Phi) is 4.65. The van der Waals surface area contributed by atoms with Crippen LogP contribution in [-0.2, 0) is 16.6 Å². The minimum Gasteiger partial charge on any atom is -0.398 e. The zero-order valence-corrected chi connectivity index (χ0v) is 13.6. The molecule has 0 aliphatic carbocycles. The number of aryl methyl sites for hydroxylation is 1. The van der Waals surface area contributed by atoms with Crippen LogP contribution in [-0.4, -0.2) is 8.42 Å². The molecule has 2 rings (SSSR count). The highest BCUT2D eigenvalue weighted by Crippen LogP contribution is 2.26. The zero-order chi connectivity index (χ0) is 15.6. The highest BCUT2D eigenvalue weighted by Gasteiger charge is 2.18. The van der Waals surface area contributed by atoms with Crippen LogP contribution in [0, 0.1) is 12.7 Å². The summed E-state index contributed by atoms with van der Waals surface area (Å²) < 4.78 is 40.8. The summed E-state index contributed by atoms with van der Waals surface area (Å²) >= 11 is 3.25. The van der Waals surface area contributed by atoms with Crippen LogP contribution in [0.25, 0.3) is 0 Å². The predicted octanol–water partition coefficient (Wildman–Crippen LogP) is 2.96. The van der Waals surface area contributed by atoms with E-state index in [0.29, 0.717) is 21.3 Å². The summed E-state index contributed by atoms with van der Waals surface area (Å²) in [5.74, 6) is -0.407. The average Bonchev–Trinajstić information content (AvgIpc) is 2.41. The van der Waals surface area contributed by atoms with Gasteiger partial charge in [0.1, 0.15) is 5.82 Å². The van der Waals surface area contributed by atoms with E-state index < -0.39 is 15.8 Å². The first kappa shape index (κ1) is 15.9. The summed E-state index contributed by atoms with van der Waals surface area (Å²) in [6, 6.07) is 8.80. The van der Waals surface area contributed by atoms with E-state index in [0.717, 1.165) is 0 Å². The summed E-state index contributed by atoms with van der Waals surface area (Å²) in [5.41, 5.74) is 7.18. The van der Waals surface area contributed by atoms with Crippen LogP contribution < -0.4 is 10.5 Å². The molecular weight excluding hydrogens is 359 g/mol. The highest BCUT2D eigenvalue weighted by atomic mass is 79.9. The molecule has 0 fully saturated rings. The molecule has 0 radical (unpaired) electrons. The van der Waals surface area contributed by atoms with Gasteiger partial charge in [-0.3, -0.25) is 0 Å². The Bertz CT molecular complexity index is 779. The molecule has 0 bridgehead atoms. The first-order chi connectivity index (χ1) is 9.79. The smallest absolute Gasteiger partial charge is 0.241 e. The van der Waals surface area contributed by atoms with Crippen LogP contribution in [0.4, 0.5) is 10.1 Å². The van der Waals surface area contributed by atoms with Crippen molar-refractivity contribution in [3.05, 3.63) is 57.8 Å². The van der Waals surface area contributed by atoms with Crippen molar-refractivity contribution < 1.29 is 12.8 Å². The molecule has 0 aromatic heterocycles. The number of rotatable bonds is 4. The average molecular weight is 373 g/mol. The fourth-order valence-corrected chi connectivity index (χ4v) is 3.60. The molecule has 0 saturated heterocycles. The Morgan fingerprint density at radius 3 is 2.67 bits per heavy atom. The number of benzene rings is 2. The SMILES string of the molecule is Cc1cc(Br)c(N)cc1S(=O)(=O)NCc1cccc(F)c1. The van der Waals surface area contributed by atoms with Crippen molar-refractivity contribution in [2.45, 2.75) is 18.4 Å². The van der Waals surface area contributed by atoms with Gasteiger partial charge in [0, 0.05) is 16.7 Å². The second-order valence-electron chi connectivity index (χ2n) is 4.59. The number of hydrogen-bond donors (Lipinski definition) is 2. The highest BCUT2D eigenvalue weighted by molar-refractivity contribution is 9.10. The van der Waals surface area contributed by atoms with Gasteiger partial charge in [0.25, 0.3) is 0 Å². The molecule has 3 N–H and O–H groups in total. The number of nitrogens with two attached hydrogens (primary N) is 1. The minimum atomic E-state index is -3.71. The molecule has 21 heavy (non-hydrogen) atoms. The lowest BCUT2D eigenvalue weighted by Gasteiger charge is -2.11. The fourth-order valence-electron chi connectivity index (χ4n) is 1.86. The molecule has 0 aliphatic rings. The van der Waals surface area contributed by atoms with Crippen LogP contribution >= 0.6 is 15.9 Å². The van der Waals surface area contributed by atoms with Crippen molar-refractivity contribution in [1.29, 1.82) is 0 Å². The van der Waals surface area contributed by atoms with E-state index in [1.165, 1.54) is 24.3 Å². The Labute approximate surface area is 131 Å². The molecule has 112 valence electrons. The van der Waals surface area contributed by atoms with E-state index in [9.17, 15) is 12.8 Å². The molecule has 2 aromatic carbocycles. The van der Waals surface area contributed by atoms with Crippen molar-refractivity contribution in [2.75, 3.05) is 5.73 Å². The van der Waals surface area contributed by atoms with Gasteiger partial charge in [0.2, 0.25) is 10.0 Å². The lowest BCUT2D eigenvalue weighted by atomic mass is 10.2. The maximum absolute atomic E-state index is 13.1. The normalized spacial score (nSPS) is 11.6. The maximum Gasteiger partial charge on any atom is 0.241 e. The van der Waals surface area contributed by atoms with Crippen LogP contribution in [0.3, 0.4) is 0 Å². The van der Waals surface area contributed by atoms with E-state index in [1.54, 1.807) is 19.1 Å². The number of halogens is 2. The van der Waals surface area contributed by atoms with Gasteiger partial charge in [0.15, 0.2) is 0 Å². The van der Waals surface area contributed by atoms with E-state index >= 15 is 0 Å². The Morgan fingerprint density at radius 1 is 1.29 bits per heavy atom. The minimum absolute atomic E-state index is 0.00943. The third kappa shape index (κ3) is 3.81. The van der Waals surface area contributed by atoms with E-state index in [4.69, 9.17) is 5.73 Å². The van der Waals surface area contributed by atoms with Gasteiger partial charge < -0.3 is 5.73 Å². The third-order valence-electron chi connectivity index (χ3n) is 2.94. The van der Waals surface area contributed by atoms with Gasteiger partial charge in [-0.2, -0.15) is 0 Å². The lowest BCUT2D eigenvalue weighted by molar-refractivity contribution is 0.579. The van der Waals surface area contributed by atoms with Crippen molar-refractivity contribution in [1.82, 2.24) is 4.72 Å². The first-order valence-corrected chi connectivity index (χ1v) is 8.37. The van der Waals surface area contributed by atoms with Gasteiger partial charge in [-0.15, -0.1) is 0 Å². The molecule has 0 saturated carbocycles. The Balaban J connectivity index is 2.25. The standard InChI is InChI=1S/C14H14BrFN2O2S/c1-9-5-12(15)13(17)7-14(9)21(19,20)18-8-10-3-2-4-11(16)6-10/h2-7,18H,8,17H2,1H3. The van der Waals surface area contributed by atoms with Crippen LogP contribution in [0.5, 0.6) is 0 Å². The Morgan fingerprint density at radius 2 is 2.00 bits per heavy atom. The van der Waals surface area contributed by atoms with Crippen molar-refractivity contribution in [3.8, 4) is 0 Å². The topological polar surface area (TPSA) is 72.2 Å². The summed E-state index contributed by atoms with van der Waals surface area (Å²) in [5, 5.41) is 0. The molecule has 2 aromatic rings. The summed E-state index contributed by atoms with van der Waals surface area (Å²) in [4.78, 5) is 0.111. The van der Waals surface area contributed by atoms with Crippen LogP contribution in [0.1, 0.15) is 11.1 Å². The summed E-state index contributed by atoms with van der Waals surface area (Å²) in [6.07, 6.45) is 0. The van der Waals surface area contributed by atoms with E-state index in [-0.39, 0.29) is 11.4 Å². The quantitative estimate of drug-likeness (QED) is 0.810. The van der Waals surface area contributed by atoms with Gasteiger partial charge in [-0.1, -0.05) is 12.1 Å². The molecule has 0 amide bonds. The second kappa shape index (κ2) is 6.13.